The van der Waals surface area contributed by atoms with Crippen LogP contribution in [0.4, 0.5) is 5.69 Å². The fourth-order valence-corrected chi connectivity index (χ4v) is 1.13. The molecule has 1 rings (SSSR count). The lowest BCUT2D eigenvalue weighted by molar-refractivity contribution is -0.384. The molecule has 1 unspecified atom stereocenters. The van der Waals surface area contributed by atoms with E-state index in [1.165, 1.54) is 24.3 Å². The maximum atomic E-state index is 11.0. The van der Waals surface area contributed by atoms with Crippen molar-refractivity contribution in [3.05, 3.63) is 34.4 Å². The second-order valence-corrected chi connectivity index (χ2v) is 3.28. The van der Waals surface area contributed by atoms with Crippen molar-refractivity contribution >= 4 is 11.7 Å². The molecule has 0 aromatic heterocycles. The SMILES string of the molecule is CCC(=O)OC(C)Oc1ccc([N+](=O)[O-])cc1. The summed E-state index contributed by atoms with van der Waals surface area (Å²) in [7, 11) is 0. The standard InChI is InChI=1S/C11H13NO5/c1-3-11(13)17-8(2)16-10-6-4-9(5-7-10)12(14)15/h4-8H,3H2,1-2H3. The molecule has 0 aliphatic rings. The van der Waals surface area contributed by atoms with E-state index in [-0.39, 0.29) is 18.1 Å². The van der Waals surface area contributed by atoms with Gasteiger partial charge in [-0.3, -0.25) is 14.9 Å². The average molecular weight is 239 g/mol. The Hall–Kier alpha value is -2.11. The molecule has 0 spiro atoms. The van der Waals surface area contributed by atoms with Crippen molar-refractivity contribution in [2.45, 2.75) is 26.6 Å². The van der Waals surface area contributed by atoms with Gasteiger partial charge in [0, 0.05) is 25.5 Å². The predicted octanol–water partition coefficient (Wildman–Crippen LogP) is 2.27. The maximum Gasteiger partial charge on any atom is 0.308 e. The van der Waals surface area contributed by atoms with E-state index in [0.717, 1.165) is 0 Å². The Morgan fingerprint density at radius 2 is 2.00 bits per heavy atom. The zero-order valence-corrected chi connectivity index (χ0v) is 9.58. The molecule has 0 aliphatic carbocycles. The number of hydrogen-bond acceptors (Lipinski definition) is 5. The first kappa shape index (κ1) is 13.0. The van der Waals surface area contributed by atoms with E-state index in [2.05, 4.69) is 0 Å². The van der Waals surface area contributed by atoms with Crippen molar-refractivity contribution in [3.8, 4) is 5.75 Å². The number of hydrogen-bond donors (Lipinski definition) is 0. The molecule has 17 heavy (non-hydrogen) atoms. The molecular weight excluding hydrogens is 226 g/mol. The van der Waals surface area contributed by atoms with Gasteiger partial charge in [-0.05, 0) is 12.1 Å². The molecular formula is C11H13NO5. The summed E-state index contributed by atoms with van der Waals surface area (Å²) in [6.07, 6.45) is -0.447. The largest absolute Gasteiger partial charge is 0.455 e. The lowest BCUT2D eigenvalue weighted by Gasteiger charge is -2.14. The molecule has 0 radical (unpaired) electrons. The number of esters is 1. The summed E-state index contributed by atoms with van der Waals surface area (Å²) in [6, 6.07) is 5.55. The van der Waals surface area contributed by atoms with E-state index in [4.69, 9.17) is 9.47 Å². The van der Waals surface area contributed by atoms with Crippen LogP contribution in [-0.2, 0) is 9.53 Å². The first-order valence-electron chi connectivity index (χ1n) is 5.13. The third kappa shape index (κ3) is 4.10. The first-order chi connectivity index (χ1) is 8.02. The summed E-state index contributed by atoms with van der Waals surface area (Å²) in [6.45, 7) is 3.26. The number of rotatable bonds is 5. The third-order valence-corrected chi connectivity index (χ3v) is 1.94. The van der Waals surface area contributed by atoms with Crippen molar-refractivity contribution in [1.82, 2.24) is 0 Å². The number of nitro benzene ring substituents is 1. The van der Waals surface area contributed by atoms with E-state index in [1.54, 1.807) is 13.8 Å². The topological polar surface area (TPSA) is 78.7 Å². The minimum absolute atomic E-state index is 0.0180. The number of nitro groups is 1. The molecule has 0 N–H and O–H groups in total. The Kier molecular flexibility index (Phi) is 4.45. The number of benzene rings is 1. The monoisotopic (exact) mass is 239 g/mol. The molecule has 0 bridgehead atoms. The molecule has 0 fully saturated rings. The van der Waals surface area contributed by atoms with Gasteiger partial charge in [0.25, 0.3) is 5.69 Å². The van der Waals surface area contributed by atoms with Gasteiger partial charge in [0.1, 0.15) is 5.75 Å². The molecule has 0 amide bonds. The Labute approximate surface area is 98.3 Å². The molecule has 0 heterocycles. The first-order valence-corrected chi connectivity index (χ1v) is 5.13. The molecule has 6 heteroatoms. The summed E-state index contributed by atoms with van der Waals surface area (Å²) in [5.41, 5.74) is -0.0180. The van der Waals surface area contributed by atoms with Gasteiger partial charge in [-0.25, -0.2) is 0 Å². The van der Waals surface area contributed by atoms with Crippen LogP contribution >= 0.6 is 0 Å². The highest BCUT2D eigenvalue weighted by Gasteiger charge is 2.10. The van der Waals surface area contributed by atoms with Crippen molar-refractivity contribution < 1.29 is 19.2 Å². The minimum Gasteiger partial charge on any atom is -0.455 e. The fraction of sp³-hybridized carbons (Fsp3) is 0.364. The summed E-state index contributed by atoms with van der Waals surface area (Å²) in [5.74, 6) is 0.0476. The van der Waals surface area contributed by atoms with Crippen molar-refractivity contribution in [3.63, 3.8) is 0 Å². The summed E-state index contributed by atoms with van der Waals surface area (Å²) >= 11 is 0. The summed E-state index contributed by atoms with van der Waals surface area (Å²) in [5, 5.41) is 10.4. The van der Waals surface area contributed by atoms with Gasteiger partial charge in [-0.2, -0.15) is 0 Å². The number of non-ortho nitro benzene ring substituents is 1. The van der Waals surface area contributed by atoms with Crippen LogP contribution in [-0.4, -0.2) is 17.2 Å². The molecule has 1 aromatic rings. The molecule has 1 aromatic carbocycles. The van der Waals surface area contributed by atoms with Gasteiger partial charge in [0.05, 0.1) is 4.92 Å². The van der Waals surface area contributed by atoms with Crippen LogP contribution in [0.15, 0.2) is 24.3 Å². The van der Waals surface area contributed by atoms with Crippen molar-refractivity contribution in [2.75, 3.05) is 0 Å². The Balaban J connectivity index is 2.57. The van der Waals surface area contributed by atoms with Gasteiger partial charge in [0.2, 0.25) is 6.29 Å². The van der Waals surface area contributed by atoms with Crippen LogP contribution in [0.25, 0.3) is 0 Å². The smallest absolute Gasteiger partial charge is 0.308 e. The number of ether oxygens (including phenoxy) is 2. The summed E-state index contributed by atoms with van der Waals surface area (Å²) in [4.78, 5) is 20.9. The zero-order valence-electron chi connectivity index (χ0n) is 9.58. The molecule has 6 nitrogen and oxygen atoms in total. The van der Waals surface area contributed by atoms with E-state index in [0.29, 0.717) is 5.75 Å². The second-order valence-electron chi connectivity index (χ2n) is 3.28. The van der Waals surface area contributed by atoms with Crippen LogP contribution in [0.5, 0.6) is 5.75 Å². The van der Waals surface area contributed by atoms with E-state index >= 15 is 0 Å². The van der Waals surface area contributed by atoms with E-state index < -0.39 is 11.2 Å². The third-order valence-electron chi connectivity index (χ3n) is 1.94. The van der Waals surface area contributed by atoms with Gasteiger partial charge in [0.15, 0.2) is 0 Å². The minimum atomic E-state index is -0.719. The van der Waals surface area contributed by atoms with Crippen LogP contribution in [0.3, 0.4) is 0 Å². The highest BCUT2D eigenvalue weighted by molar-refractivity contribution is 5.68. The number of carbonyl (C=O) groups excluding carboxylic acids is 1. The Bertz CT molecular complexity index is 401. The molecule has 0 saturated heterocycles. The van der Waals surface area contributed by atoms with E-state index in [1.807, 2.05) is 0 Å². The van der Waals surface area contributed by atoms with Crippen molar-refractivity contribution in [2.24, 2.45) is 0 Å². The van der Waals surface area contributed by atoms with E-state index in [9.17, 15) is 14.9 Å². The van der Waals surface area contributed by atoms with Gasteiger partial charge >= 0.3 is 5.97 Å². The van der Waals surface area contributed by atoms with Gasteiger partial charge in [-0.1, -0.05) is 6.92 Å². The fourth-order valence-electron chi connectivity index (χ4n) is 1.13. The van der Waals surface area contributed by atoms with Crippen LogP contribution in [0.2, 0.25) is 0 Å². The molecule has 0 aliphatic heterocycles. The maximum absolute atomic E-state index is 11.0. The van der Waals surface area contributed by atoms with Gasteiger partial charge < -0.3 is 9.47 Å². The van der Waals surface area contributed by atoms with Crippen molar-refractivity contribution in [1.29, 1.82) is 0 Å². The lowest BCUT2D eigenvalue weighted by atomic mass is 10.3. The molecule has 1 atom stereocenters. The molecule has 92 valence electrons. The highest BCUT2D eigenvalue weighted by atomic mass is 16.7. The quantitative estimate of drug-likeness (QED) is 0.341. The number of nitrogens with zero attached hydrogens (tertiary/aromatic N) is 1. The van der Waals surface area contributed by atoms with Crippen LogP contribution in [0, 0.1) is 10.1 Å². The zero-order chi connectivity index (χ0) is 12.8. The average Bonchev–Trinajstić information content (AvgIpc) is 2.29. The molecule has 0 saturated carbocycles. The van der Waals surface area contributed by atoms with Gasteiger partial charge in [-0.15, -0.1) is 0 Å². The van der Waals surface area contributed by atoms with Crippen LogP contribution < -0.4 is 4.74 Å². The Morgan fingerprint density at radius 3 is 2.47 bits per heavy atom. The highest BCUT2D eigenvalue weighted by Crippen LogP contribution is 2.18. The van der Waals surface area contributed by atoms with Crippen LogP contribution in [0.1, 0.15) is 20.3 Å². The lowest BCUT2D eigenvalue weighted by Crippen LogP contribution is -2.20. The number of carbonyl (C=O) groups is 1. The normalized spacial score (nSPS) is 11.6. The predicted molar refractivity (Wildman–Crippen MR) is 59.6 cm³/mol. The second kappa shape index (κ2) is 5.83. The Morgan fingerprint density at radius 1 is 1.41 bits per heavy atom. The summed E-state index contributed by atoms with van der Waals surface area (Å²) < 4.78 is 10.1.